The number of aliphatic hydroxyl groups excluding tert-OH is 2. The van der Waals surface area contributed by atoms with E-state index >= 15 is 0 Å². The summed E-state index contributed by atoms with van der Waals surface area (Å²) in [6, 6.07) is 11.0. The lowest BCUT2D eigenvalue weighted by Crippen LogP contribution is -2.70. The maximum Gasteiger partial charge on any atom is 0.243 e. The number of nitrogens with one attached hydrogen (secondary N) is 1. The first-order valence-corrected chi connectivity index (χ1v) is 21.4. The van der Waals surface area contributed by atoms with Gasteiger partial charge in [0.1, 0.15) is 24.7 Å². The quantitative estimate of drug-likeness (QED) is 0.0652. The average molecular weight is 794 g/mol. The number of amides is 1. The Morgan fingerprint density at radius 1 is 1.04 bits per heavy atom. The SMILES string of the molecule is C=CCOc1ccc2c(c1)[C@H]1[C@H](CCCCO)[C@@H](CCCCO)C=C3C(=NOCC)C[C@H](N(CCC)S(=O)(=O)c4ccc(NC(C)=O)cc4)[C@@](OCC=C)(O2)[C@H]31. The van der Waals surface area contributed by atoms with Gasteiger partial charge in [-0.2, -0.15) is 4.31 Å². The van der Waals surface area contributed by atoms with Crippen LogP contribution < -0.4 is 14.8 Å². The molecule has 0 spiro atoms. The zero-order valence-corrected chi connectivity index (χ0v) is 33.8. The molecule has 0 radical (unpaired) electrons. The Morgan fingerprint density at radius 2 is 1.75 bits per heavy atom. The molecule has 0 aromatic heterocycles. The van der Waals surface area contributed by atoms with Gasteiger partial charge in [-0.15, -0.1) is 6.58 Å². The van der Waals surface area contributed by atoms with E-state index in [0.717, 1.165) is 36.8 Å². The molecule has 5 rings (SSSR count). The summed E-state index contributed by atoms with van der Waals surface area (Å²) in [7, 11) is -4.20. The zero-order valence-electron chi connectivity index (χ0n) is 33.0. The van der Waals surface area contributed by atoms with Gasteiger partial charge >= 0.3 is 0 Å². The zero-order chi connectivity index (χ0) is 40.3. The van der Waals surface area contributed by atoms with Crippen molar-refractivity contribution in [3.05, 3.63) is 85.0 Å². The Kier molecular flexibility index (Phi) is 15.3. The van der Waals surface area contributed by atoms with Crippen LogP contribution in [-0.2, 0) is 24.4 Å². The summed E-state index contributed by atoms with van der Waals surface area (Å²) in [5.41, 5.74) is 2.94. The Hall–Kier alpha value is -4.01. The van der Waals surface area contributed by atoms with E-state index in [9.17, 15) is 23.4 Å². The lowest BCUT2D eigenvalue weighted by atomic mass is 9.55. The first-order valence-electron chi connectivity index (χ1n) is 19.9. The molecule has 2 aliphatic carbocycles. The molecule has 0 unspecified atom stereocenters. The molecule has 1 saturated carbocycles. The minimum atomic E-state index is -4.20. The van der Waals surface area contributed by atoms with Crippen molar-refractivity contribution in [3.63, 3.8) is 0 Å². The van der Waals surface area contributed by atoms with Crippen molar-refractivity contribution < 1.29 is 42.5 Å². The lowest BCUT2D eigenvalue weighted by Gasteiger charge is -2.59. The molecular weight excluding hydrogens is 735 g/mol. The van der Waals surface area contributed by atoms with Crippen LogP contribution in [0.5, 0.6) is 11.5 Å². The largest absolute Gasteiger partial charge is 0.490 e. The van der Waals surface area contributed by atoms with E-state index in [2.05, 4.69) is 24.6 Å². The van der Waals surface area contributed by atoms with Gasteiger partial charge in [0.05, 0.1) is 29.2 Å². The molecule has 12 nitrogen and oxygen atoms in total. The van der Waals surface area contributed by atoms with E-state index in [0.29, 0.717) is 55.4 Å². The van der Waals surface area contributed by atoms with Gasteiger partial charge in [0.25, 0.3) is 0 Å². The highest BCUT2D eigenvalue weighted by molar-refractivity contribution is 7.89. The van der Waals surface area contributed by atoms with Gasteiger partial charge < -0.3 is 34.6 Å². The number of aliphatic hydroxyl groups is 2. The molecule has 6 atom stereocenters. The average Bonchev–Trinajstić information content (AvgIpc) is 3.19. The van der Waals surface area contributed by atoms with Crippen LogP contribution in [-0.4, -0.2) is 86.0 Å². The monoisotopic (exact) mass is 793 g/mol. The van der Waals surface area contributed by atoms with Crippen LogP contribution in [0.1, 0.15) is 83.6 Å². The second-order valence-corrected chi connectivity index (χ2v) is 16.5. The summed E-state index contributed by atoms with van der Waals surface area (Å²) < 4.78 is 51.7. The number of nitrogens with zero attached hydrogens (tertiary/aromatic N) is 2. The van der Waals surface area contributed by atoms with E-state index in [1.165, 1.54) is 23.4 Å². The molecule has 3 N–H and O–H groups in total. The standard InChI is InChI=1S/C43H59N3O9S/c1-6-22-46(56(50,51)34-19-16-32(17-20-34)44-30(5)49)40-29-38(45-54-9-4)36-27-31(14-10-12-23-47)35(15-11-13-24-48)41-37-28-33(52-25-7-2)18-21-39(37)55-43(40,42(36)41)53-26-8-3/h7-8,16-21,27-28,31,35,40-42,47-48H,2-3,6,9-15,22-26,29H2,1,4-5H3,(H,44,49)/t31-,35+,40-,41+,42+,43+/m0/s1. The van der Waals surface area contributed by atoms with Gasteiger partial charge in [-0.1, -0.05) is 49.7 Å². The number of carbonyl (C=O) groups excluding carboxylic acids is 1. The second kappa shape index (κ2) is 19.9. The predicted octanol–water partition coefficient (Wildman–Crippen LogP) is 6.96. The number of benzene rings is 2. The van der Waals surface area contributed by atoms with Crippen molar-refractivity contribution >= 4 is 27.3 Å². The molecule has 0 saturated heterocycles. The minimum Gasteiger partial charge on any atom is -0.490 e. The van der Waals surface area contributed by atoms with Crippen LogP contribution in [0, 0.1) is 17.8 Å². The summed E-state index contributed by atoms with van der Waals surface area (Å²) in [6.45, 7) is 14.0. The molecule has 3 aliphatic rings. The molecule has 0 bridgehead atoms. The summed E-state index contributed by atoms with van der Waals surface area (Å²) in [6.07, 6.45) is 10.8. The van der Waals surface area contributed by atoms with Gasteiger partial charge in [-0.3, -0.25) is 4.79 Å². The van der Waals surface area contributed by atoms with Crippen molar-refractivity contribution in [2.45, 2.75) is 94.8 Å². The van der Waals surface area contributed by atoms with Crippen molar-refractivity contribution in [1.82, 2.24) is 4.31 Å². The summed E-state index contributed by atoms with van der Waals surface area (Å²) in [5, 5.41) is 27.1. The Balaban J connectivity index is 1.79. The van der Waals surface area contributed by atoms with Gasteiger partial charge in [-0.05, 0) is 98.9 Å². The van der Waals surface area contributed by atoms with Crippen LogP contribution in [0.15, 0.2) is 89.5 Å². The summed E-state index contributed by atoms with van der Waals surface area (Å²) in [5.74, 6) is -1.24. The third-order valence-corrected chi connectivity index (χ3v) is 12.8. The molecular formula is C43H59N3O9S. The number of carbonyl (C=O) groups is 1. The predicted molar refractivity (Wildman–Crippen MR) is 217 cm³/mol. The molecule has 56 heavy (non-hydrogen) atoms. The Labute approximate surface area is 332 Å². The van der Waals surface area contributed by atoms with E-state index in [1.807, 2.05) is 32.0 Å². The molecule has 2 aromatic rings. The topological polar surface area (TPSA) is 156 Å². The number of allylic oxidation sites excluding steroid dienone is 1. The summed E-state index contributed by atoms with van der Waals surface area (Å²) in [4.78, 5) is 17.6. The number of anilines is 1. The van der Waals surface area contributed by atoms with Crippen LogP contribution >= 0.6 is 0 Å². The Bertz CT molecular complexity index is 1830. The normalized spacial score (nSPS) is 24.7. The highest BCUT2D eigenvalue weighted by Crippen LogP contribution is 2.62. The number of ether oxygens (including phenoxy) is 3. The smallest absolute Gasteiger partial charge is 0.243 e. The molecule has 13 heteroatoms. The number of rotatable bonds is 22. The minimum absolute atomic E-state index is 0.0302. The maximum atomic E-state index is 15.0. The molecule has 1 fully saturated rings. The van der Waals surface area contributed by atoms with E-state index < -0.39 is 27.8 Å². The first kappa shape index (κ1) is 43.1. The van der Waals surface area contributed by atoms with Crippen molar-refractivity contribution in [1.29, 1.82) is 0 Å². The van der Waals surface area contributed by atoms with Crippen LogP contribution in [0.25, 0.3) is 0 Å². The fraction of sp³-hybridized carbons (Fsp3) is 0.535. The van der Waals surface area contributed by atoms with Gasteiger partial charge in [0.15, 0.2) is 0 Å². The Morgan fingerprint density at radius 3 is 2.39 bits per heavy atom. The summed E-state index contributed by atoms with van der Waals surface area (Å²) >= 11 is 0. The van der Waals surface area contributed by atoms with Crippen molar-refractivity contribution in [2.24, 2.45) is 22.9 Å². The number of fused-ring (bicyclic) bond motifs is 2. The fourth-order valence-electron chi connectivity index (χ4n) is 8.72. The number of hydrogen-bond donors (Lipinski definition) is 3. The third kappa shape index (κ3) is 9.23. The van der Waals surface area contributed by atoms with Crippen LogP contribution in [0.4, 0.5) is 5.69 Å². The van der Waals surface area contributed by atoms with Crippen LogP contribution in [0.2, 0.25) is 0 Å². The van der Waals surface area contributed by atoms with E-state index in [1.54, 1.807) is 24.3 Å². The molecule has 2 aromatic carbocycles. The highest BCUT2D eigenvalue weighted by atomic mass is 32.2. The number of unbranched alkanes of at least 4 members (excludes halogenated alkanes) is 2. The van der Waals surface area contributed by atoms with Crippen molar-refractivity contribution in [3.8, 4) is 11.5 Å². The van der Waals surface area contributed by atoms with Gasteiger partial charge in [0, 0.05) is 50.3 Å². The first-order chi connectivity index (χ1) is 27.1. The molecule has 1 aliphatic heterocycles. The fourth-order valence-corrected chi connectivity index (χ4v) is 10.5. The number of sulfonamides is 1. The van der Waals surface area contributed by atoms with Crippen LogP contribution in [0.3, 0.4) is 0 Å². The third-order valence-electron chi connectivity index (χ3n) is 10.9. The highest BCUT2D eigenvalue weighted by Gasteiger charge is 2.66. The van der Waals surface area contributed by atoms with E-state index in [-0.39, 0.29) is 61.3 Å². The molecule has 1 amide bonds. The second-order valence-electron chi connectivity index (χ2n) is 14.6. The van der Waals surface area contributed by atoms with Gasteiger partial charge in [-0.25, -0.2) is 8.42 Å². The maximum absolute atomic E-state index is 15.0. The number of oxime groups is 1. The van der Waals surface area contributed by atoms with Gasteiger partial charge in [0.2, 0.25) is 21.7 Å². The van der Waals surface area contributed by atoms with E-state index in [4.69, 9.17) is 24.2 Å². The lowest BCUT2D eigenvalue weighted by molar-refractivity contribution is -0.251. The molecule has 1 heterocycles. The number of hydrogen-bond acceptors (Lipinski definition) is 10. The molecule has 306 valence electrons. The van der Waals surface area contributed by atoms with Crippen molar-refractivity contribution in [2.75, 3.05) is 44.9 Å².